The molecule has 0 saturated carbocycles. The third-order valence-corrected chi connectivity index (χ3v) is 1.31. The molecule has 3 heteroatoms. The van der Waals surface area contributed by atoms with Gasteiger partial charge in [0, 0.05) is 6.72 Å². The fourth-order valence-electron chi connectivity index (χ4n) is 0.783. The third-order valence-electron chi connectivity index (χ3n) is 1.31. The Morgan fingerprint density at radius 2 is 2.17 bits per heavy atom. The molecule has 0 unspecified atom stereocenters. The fourth-order valence-corrected chi connectivity index (χ4v) is 0.783. The van der Waals surface area contributed by atoms with Crippen LogP contribution in [-0.4, -0.2) is 16.6 Å². The van der Waals surface area contributed by atoms with Crippen molar-refractivity contribution in [2.24, 2.45) is 5.10 Å². The minimum absolute atomic E-state index is 0.898. The molecule has 66 valence electrons. The largest absolute Gasteiger partial charge is 0.166 e. The summed E-state index contributed by atoms with van der Waals surface area (Å²) in [6.45, 7) is 12.9. The second-order valence-electron chi connectivity index (χ2n) is 1.95. The van der Waals surface area contributed by atoms with Crippen molar-refractivity contribution in [1.82, 2.24) is 9.89 Å². The van der Waals surface area contributed by atoms with Crippen LogP contribution in [0.1, 0.15) is 25.1 Å². The van der Waals surface area contributed by atoms with Gasteiger partial charge in [-0.3, -0.25) is 0 Å². The van der Waals surface area contributed by atoms with E-state index in [0.717, 1.165) is 11.3 Å². The minimum Gasteiger partial charge on any atom is -0.166 e. The normalized spacial score (nSPS) is 8.25. The first-order valence-electron chi connectivity index (χ1n) is 3.93. The molecule has 0 aliphatic rings. The van der Waals surface area contributed by atoms with Crippen molar-refractivity contribution in [3.63, 3.8) is 0 Å². The summed E-state index contributed by atoms with van der Waals surface area (Å²) in [4.78, 5) is 1.45. The van der Waals surface area contributed by atoms with Crippen molar-refractivity contribution in [3.05, 3.63) is 24.0 Å². The van der Waals surface area contributed by atoms with Gasteiger partial charge in [-0.15, -0.1) is 0 Å². The summed E-state index contributed by atoms with van der Waals surface area (Å²) in [6, 6.07) is 0. The molecule has 1 heterocycles. The van der Waals surface area contributed by atoms with E-state index in [1.54, 1.807) is 12.3 Å². The van der Waals surface area contributed by atoms with Gasteiger partial charge in [0.05, 0.1) is 11.9 Å². The quantitative estimate of drug-likeness (QED) is 0.618. The molecule has 0 bridgehead atoms. The van der Waals surface area contributed by atoms with Crippen LogP contribution in [0.3, 0.4) is 0 Å². The molecule has 1 rings (SSSR count). The van der Waals surface area contributed by atoms with Gasteiger partial charge in [0.25, 0.3) is 0 Å². The second kappa shape index (κ2) is 5.29. The third kappa shape index (κ3) is 2.05. The standard InChI is InChI=1S/C7H9N3.C2H6/c1-4-7-6(2)5-9-10(7)8-3;1-2/h4-5H,1,3H2,2H3;1-2H3. The van der Waals surface area contributed by atoms with Gasteiger partial charge in [0.2, 0.25) is 0 Å². The average Bonchev–Trinajstić information content (AvgIpc) is 2.49. The number of aryl methyl sites for hydroxylation is 1. The monoisotopic (exact) mass is 165 g/mol. The fraction of sp³-hybridized carbons (Fsp3) is 0.333. The number of hydrogen-bond acceptors (Lipinski definition) is 2. The molecule has 0 aliphatic carbocycles. The van der Waals surface area contributed by atoms with Crippen molar-refractivity contribution in [3.8, 4) is 0 Å². The van der Waals surface area contributed by atoms with Crippen molar-refractivity contribution in [2.45, 2.75) is 20.8 Å². The zero-order chi connectivity index (χ0) is 9.56. The lowest BCUT2D eigenvalue weighted by atomic mass is 10.3. The first-order chi connectivity index (χ1) is 5.79. The lowest BCUT2D eigenvalue weighted by Crippen LogP contribution is -1.91. The SMILES string of the molecule is C=Cc1c(C)cnn1N=C.CC. The van der Waals surface area contributed by atoms with Crippen molar-refractivity contribution in [1.29, 1.82) is 0 Å². The molecule has 0 aliphatic heterocycles. The predicted octanol–water partition coefficient (Wildman–Crippen LogP) is 2.32. The van der Waals surface area contributed by atoms with Crippen molar-refractivity contribution in [2.75, 3.05) is 0 Å². The Labute approximate surface area is 73.4 Å². The Hall–Kier alpha value is -1.38. The van der Waals surface area contributed by atoms with Gasteiger partial charge < -0.3 is 0 Å². The topological polar surface area (TPSA) is 30.2 Å². The first-order valence-corrected chi connectivity index (χ1v) is 3.93. The molecule has 1 aromatic rings. The second-order valence-corrected chi connectivity index (χ2v) is 1.95. The molecule has 0 N–H and O–H groups in total. The lowest BCUT2D eigenvalue weighted by molar-refractivity contribution is 0.740. The lowest BCUT2D eigenvalue weighted by Gasteiger charge is -1.92. The highest BCUT2D eigenvalue weighted by Crippen LogP contribution is 2.06. The zero-order valence-corrected chi connectivity index (χ0v) is 7.91. The van der Waals surface area contributed by atoms with Crippen LogP contribution in [0.15, 0.2) is 17.9 Å². The van der Waals surface area contributed by atoms with Crippen LogP contribution >= 0.6 is 0 Å². The van der Waals surface area contributed by atoms with E-state index in [1.165, 1.54) is 4.79 Å². The number of aromatic nitrogens is 2. The highest BCUT2D eigenvalue weighted by Gasteiger charge is 1.99. The van der Waals surface area contributed by atoms with E-state index in [0.29, 0.717) is 0 Å². The Balaban J connectivity index is 0.000000561. The van der Waals surface area contributed by atoms with E-state index < -0.39 is 0 Å². The van der Waals surface area contributed by atoms with Crippen LogP contribution in [0.5, 0.6) is 0 Å². The molecule has 0 spiro atoms. The van der Waals surface area contributed by atoms with E-state index in [2.05, 4.69) is 23.5 Å². The van der Waals surface area contributed by atoms with Crippen molar-refractivity contribution >= 4 is 12.8 Å². The molecule has 0 atom stereocenters. The Kier molecular flexibility index (Phi) is 4.69. The van der Waals surface area contributed by atoms with E-state index in [1.807, 2.05) is 20.8 Å². The maximum atomic E-state index is 3.92. The summed E-state index contributed by atoms with van der Waals surface area (Å²) >= 11 is 0. The number of rotatable bonds is 2. The molecule has 0 amide bonds. The minimum atomic E-state index is 0.898. The molecule has 1 aromatic heterocycles. The Bertz CT molecular complexity index is 261. The average molecular weight is 165 g/mol. The van der Waals surface area contributed by atoms with Crippen LogP contribution in [0.4, 0.5) is 0 Å². The number of hydrogen-bond donors (Lipinski definition) is 0. The van der Waals surface area contributed by atoms with Crippen LogP contribution in [0.2, 0.25) is 0 Å². The smallest absolute Gasteiger partial charge is 0.0895 e. The van der Waals surface area contributed by atoms with Crippen LogP contribution in [-0.2, 0) is 0 Å². The van der Waals surface area contributed by atoms with E-state index >= 15 is 0 Å². The molecule has 0 aromatic carbocycles. The van der Waals surface area contributed by atoms with Crippen LogP contribution < -0.4 is 0 Å². The summed E-state index contributed by atoms with van der Waals surface area (Å²) < 4.78 is 0. The summed E-state index contributed by atoms with van der Waals surface area (Å²) in [5.41, 5.74) is 1.96. The van der Waals surface area contributed by atoms with Gasteiger partial charge in [-0.2, -0.15) is 15.0 Å². The summed E-state index contributed by atoms with van der Waals surface area (Å²) in [5.74, 6) is 0. The first kappa shape index (κ1) is 10.6. The summed E-state index contributed by atoms with van der Waals surface area (Å²) in [7, 11) is 0. The Morgan fingerprint density at radius 3 is 2.50 bits per heavy atom. The highest BCUT2D eigenvalue weighted by molar-refractivity contribution is 5.46. The van der Waals surface area contributed by atoms with Gasteiger partial charge in [-0.25, -0.2) is 0 Å². The molecule has 12 heavy (non-hydrogen) atoms. The molecule has 0 saturated heterocycles. The highest BCUT2D eigenvalue weighted by atomic mass is 15.5. The van der Waals surface area contributed by atoms with Gasteiger partial charge in [-0.05, 0) is 18.6 Å². The molecular weight excluding hydrogens is 150 g/mol. The summed E-state index contributed by atoms with van der Waals surface area (Å²) in [5, 5.41) is 7.57. The van der Waals surface area contributed by atoms with E-state index in [4.69, 9.17) is 0 Å². The van der Waals surface area contributed by atoms with Crippen LogP contribution in [0, 0.1) is 6.92 Å². The summed E-state index contributed by atoms with van der Waals surface area (Å²) in [6.07, 6.45) is 3.43. The van der Waals surface area contributed by atoms with Crippen molar-refractivity contribution < 1.29 is 0 Å². The molecule has 0 fully saturated rings. The molecular formula is C9H15N3. The zero-order valence-electron chi connectivity index (χ0n) is 7.91. The van der Waals surface area contributed by atoms with Gasteiger partial charge in [0.15, 0.2) is 0 Å². The maximum Gasteiger partial charge on any atom is 0.0895 e. The maximum absolute atomic E-state index is 3.92. The van der Waals surface area contributed by atoms with Crippen LogP contribution in [0.25, 0.3) is 6.08 Å². The van der Waals surface area contributed by atoms with Gasteiger partial charge in [-0.1, -0.05) is 20.4 Å². The Morgan fingerprint density at radius 1 is 1.58 bits per heavy atom. The predicted molar refractivity (Wildman–Crippen MR) is 53.4 cm³/mol. The van der Waals surface area contributed by atoms with Gasteiger partial charge >= 0.3 is 0 Å². The van der Waals surface area contributed by atoms with E-state index in [9.17, 15) is 0 Å². The molecule has 3 nitrogen and oxygen atoms in total. The van der Waals surface area contributed by atoms with E-state index in [-0.39, 0.29) is 0 Å². The van der Waals surface area contributed by atoms with Gasteiger partial charge in [0.1, 0.15) is 0 Å². The molecule has 0 radical (unpaired) electrons. The number of nitrogens with zero attached hydrogens (tertiary/aromatic N) is 3.